The molecule has 3 aromatic rings. The lowest BCUT2D eigenvalue weighted by atomic mass is 9.78. The van der Waals surface area contributed by atoms with Crippen molar-refractivity contribution in [3.05, 3.63) is 89.1 Å². The van der Waals surface area contributed by atoms with Crippen LogP contribution in [-0.4, -0.2) is 19.7 Å². The number of rotatable bonds is 3. The first kappa shape index (κ1) is 19.7. The highest BCUT2D eigenvalue weighted by atomic mass is 16.7. The van der Waals surface area contributed by atoms with Crippen LogP contribution in [0.1, 0.15) is 35.9 Å². The Morgan fingerprint density at radius 2 is 1.73 bits per heavy atom. The lowest BCUT2D eigenvalue weighted by Gasteiger charge is -2.30. The first-order valence-corrected chi connectivity index (χ1v) is 11.1. The molecule has 0 spiro atoms. The molecule has 2 heterocycles. The standard InChI is InChI=1S/C27H24N2O4/c1-31-19-6-4-5-16(11-19)18-12-22-26(23(30)13-18)27(29-21-8-3-2-7-20(21)28-22)17-9-10-24-25(14-17)33-15-32-24/h2-11,14,18,27-29H,12-13,15H2,1H3/t18-,27-/m1/s1. The second kappa shape index (κ2) is 7.89. The average Bonchev–Trinajstić information content (AvgIpc) is 3.24. The second-order valence-electron chi connectivity index (χ2n) is 8.56. The van der Waals surface area contributed by atoms with Crippen molar-refractivity contribution in [3.8, 4) is 17.2 Å². The minimum atomic E-state index is -0.288. The third-order valence-corrected chi connectivity index (χ3v) is 6.60. The number of nitrogens with one attached hydrogen (secondary N) is 2. The van der Waals surface area contributed by atoms with Crippen LogP contribution in [0, 0.1) is 0 Å². The Bertz CT molecular complexity index is 1280. The Morgan fingerprint density at radius 1 is 0.879 bits per heavy atom. The van der Waals surface area contributed by atoms with Gasteiger partial charge in [-0.05, 0) is 59.9 Å². The highest BCUT2D eigenvalue weighted by Crippen LogP contribution is 2.46. The summed E-state index contributed by atoms with van der Waals surface area (Å²) in [5.74, 6) is 2.47. The van der Waals surface area contributed by atoms with Gasteiger partial charge in [-0.15, -0.1) is 0 Å². The van der Waals surface area contributed by atoms with Crippen molar-refractivity contribution < 1.29 is 19.0 Å². The molecule has 0 fully saturated rings. The number of benzene rings is 3. The van der Waals surface area contributed by atoms with Gasteiger partial charge in [0.1, 0.15) is 5.75 Å². The maximum absolute atomic E-state index is 13.7. The molecule has 0 bridgehead atoms. The molecule has 0 aromatic heterocycles. The number of ether oxygens (including phenoxy) is 3. The quantitative estimate of drug-likeness (QED) is 0.568. The van der Waals surface area contributed by atoms with Crippen molar-refractivity contribution in [3.63, 3.8) is 0 Å². The number of fused-ring (bicyclic) bond motifs is 2. The molecule has 0 radical (unpaired) electrons. The van der Waals surface area contributed by atoms with Crippen LogP contribution in [0.4, 0.5) is 11.4 Å². The minimum Gasteiger partial charge on any atom is -0.497 e. The van der Waals surface area contributed by atoms with E-state index in [9.17, 15) is 4.79 Å². The summed E-state index contributed by atoms with van der Waals surface area (Å²) in [5, 5.41) is 7.19. The van der Waals surface area contributed by atoms with Crippen LogP contribution < -0.4 is 24.8 Å². The molecule has 2 aliphatic heterocycles. The van der Waals surface area contributed by atoms with E-state index in [0.29, 0.717) is 12.2 Å². The van der Waals surface area contributed by atoms with Gasteiger partial charge < -0.3 is 24.8 Å². The van der Waals surface area contributed by atoms with Crippen LogP contribution in [-0.2, 0) is 4.79 Å². The third-order valence-electron chi connectivity index (χ3n) is 6.60. The Morgan fingerprint density at radius 3 is 2.61 bits per heavy atom. The predicted octanol–water partition coefficient (Wildman–Crippen LogP) is 5.40. The molecule has 0 amide bonds. The molecule has 1 aliphatic carbocycles. The lowest BCUT2D eigenvalue weighted by Crippen LogP contribution is -2.26. The highest BCUT2D eigenvalue weighted by Gasteiger charge is 2.36. The van der Waals surface area contributed by atoms with E-state index in [4.69, 9.17) is 14.2 Å². The van der Waals surface area contributed by atoms with E-state index < -0.39 is 0 Å². The fourth-order valence-corrected chi connectivity index (χ4v) is 4.97. The number of carbonyl (C=O) groups excluding carboxylic acids is 1. The summed E-state index contributed by atoms with van der Waals surface area (Å²) in [6.07, 6.45) is 1.19. The van der Waals surface area contributed by atoms with E-state index >= 15 is 0 Å². The summed E-state index contributed by atoms with van der Waals surface area (Å²) in [7, 11) is 1.66. The number of ketones is 1. The maximum Gasteiger partial charge on any atom is 0.231 e. The molecular formula is C27H24N2O4. The van der Waals surface area contributed by atoms with Gasteiger partial charge >= 0.3 is 0 Å². The molecule has 6 heteroatoms. The molecule has 2 N–H and O–H groups in total. The molecular weight excluding hydrogens is 416 g/mol. The number of methoxy groups -OCH3 is 1. The molecule has 0 saturated heterocycles. The number of anilines is 2. The first-order valence-electron chi connectivity index (χ1n) is 11.1. The molecule has 6 nitrogen and oxygen atoms in total. The van der Waals surface area contributed by atoms with Gasteiger partial charge in [0.05, 0.1) is 24.5 Å². The number of Topliss-reactive ketones (excluding diaryl/α,β-unsaturated/α-hetero) is 1. The summed E-state index contributed by atoms with van der Waals surface area (Å²) < 4.78 is 16.5. The highest BCUT2D eigenvalue weighted by molar-refractivity contribution is 6.01. The van der Waals surface area contributed by atoms with Crippen LogP contribution in [0.3, 0.4) is 0 Å². The van der Waals surface area contributed by atoms with Gasteiger partial charge in [-0.2, -0.15) is 0 Å². The molecule has 2 atom stereocenters. The summed E-state index contributed by atoms with van der Waals surface area (Å²) >= 11 is 0. The zero-order valence-corrected chi connectivity index (χ0v) is 18.3. The van der Waals surface area contributed by atoms with Crippen molar-refractivity contribution in [2.24, 2.45) is 0 Å². The van der Waals surface area contributed by atoms with E-state index in [1.807, 2.05) is 60.7 Å². The van der Waals surface area contributed by atoms with Crippen molar-refractivity contribution in [2.45, 2.75) is 24.8 Å². The zero-order chi connectivity index (χ0) is 22.4. The zero-order valence-electron chi connectivity index (χ0n) is 18.3. The predicted molar refractivity (Wildman–Crippen MR) is 126 cm³/mol. The van der Waals surface area contributed by atoms with Gasteiger partial charge in [-0.1, -0.05) is 30.3 Å². The SMILES string of the molecule is COc1cccc([C@H]2CC(=O)C3=C(C2)Nc2ccccc2N[C@@H]3c2ccc3c(c2)OCO3)c1. The Kier molecular flexibility index (Phi) is 4.72. The number of hydrogen-bond donors (Lipinski definition) is 2. The fourth-order valence-electron chi connectivity index (χ4n) is 4.97. The van der Waals surface area contributed by atoms with Crippen molar-refractivity contribution in [1.82, 2.24) is 0 Å². The van der Waals surface area contributed by atoms with E-state index in [0.717, 1.165) is 51.7 Å². The second-order valence-corrected chi connectivity index (χ2v) is 8.56. The van der Waals surface area contributed by atoms with Crippen molar-refractivity contribution in [1.29, 1.82) is 0 Å². The first-order chi connectivity index (χ1) is 16.2. The maximum atomic E-state index is 13.7. The number of hydrogen-bond acceptors (Lipinski definition) is 6. The number of carbonyl (C=O) groups is 1. The lowest BCUT2D eigenvalue weighted by molar-refractivity contribution is -0.116. The summed E-state index contributed by atoms with van der Waals surface area (Å²) in [6.45, 7) is 0.219. The Labute approximate surface area is 192 Å². The largest absolute Gasteiger partial charge is 0.497 e. The van der Waals surface area contributed by atoms with Gasteiger partial charge in [0.2, 0.25) is 6.79 Å². The van der Waals surface area contributed by atoms with E-state index in [1.165, 1.54) is 0 Å². The van der Waals surface area contributed by atoms with Gasteiger partial charge in [-0.3, -0.25) is 4.79 Å². The molecule has 3 aromatic carbocycles. The van der Waals surface area contributed by atoms with Crippen LogP contribution in [0.15, 0.2) is 78.0 Å². The topological polar surface area (TPSA) is 68.8 Å². The smallest absolute Gasteiger partial charge is 0.231 e. The van der Waals surface area contributed by atoms with Crippen molar-refractivity contribution in [2.75, 3.05) is 24.5 Å². The summed E-state index contributed by atoms with van der Waals surface area (Å²) in [6, 6.07) is 21.7. The van der Waals surface area contributed by atoms with Crippen molar-refractivity contribution >= 4 is 17.2 Å². The van der Waals surface area contributed by atoms with Crippen LogP contribution in [0.2, 0.25) is 0 Å². The van der Waals surface area contributed by atoms with Gasteiger partial charge in [0, 0.05) is 17.7 Å². The van der Waals surface area contributed by atoms with E-state index in [2.05, 4.69) is 16.7 Å². The van der Waals surface area contributed by atoms with E-state index in [-0.39, 0.29) is 24.5 Å². The molecule has 0 saturated carbocycles. The number of para-hydroxylation sites is 2. The van der Waals surface area contributed by atoms with Crippen LogP contribution >= 0.6 is 0 Å². The average molecular weight is 440 g/mol. The molecule has 33 heavy (non-hydrogen) atoms. The Balaban J connectivity index is 1.44. The third kappa shape index (κ3) is 3.48. The molecule has 166 valence electrons. The monoisotopic (exact) mass is 440 g/mol. The van der Waals surface area contributed by atoms with Gasteiger partial charge in [0.25, 0.3) is 0 Å². The van der Waals surface area contributed by atoms with E-state index in [1.54, 1.807) is 7.11 Å². The van der Waals surface area contributed by atoms with Gasteiger partial charge in [0.15, 0.2) is 17.3 Å². The summed E-state index contributed by atoms with van der Waals surface area (Å²) in [5.41, 5.74) is 5.75. The van der Waals surface area contributed by atoms with Crippen LogP contribution in [0.25, 0.3) is 0 Å². The number of allylic oxidation sites excluding steroid dienone is 1. The summed E-state index contributed by atoms with van der Waals surface area (Å²) in [4.78, 5) is 13.7. The van der Waals surface area contributed by atoms with Gasteiger partial charge in [-0.25, -0.2) is 0 Å². The molecule has 6 rings (SSSR count). The molecule has 0 unspecified atom stereocenters. The minimum absolute atomic E-state index is 0.0847. The molecule has 3 aliphatic rings. The Hall–Kier alpha value is -3.93. The normalized spacial score (nSPS) is 20.8. The van der Waals surface area contributed by atoms with Crippen LogP contribution in [0.5, 0.6) is 17.2 Å². The fraction of sp³-hybridized carbons (Fsp3) is 0.222.